The highest BCUT2D eigenvalue weighted by atomic mass is 16.5. The van der Waals surface area contributed by atoms with Gasteiger partial charge in [-0.25, -0.2) is 0 Å². The van der Waals surface area contributed by atoms with Crippen molar-refractivity contribution < 1.29 is 14.3 Å². The summed E-state index contributed by atoms with van der Waals surface area (Å²) in [5, 5.41) is 3.03. The highest BCUT2D eigenvalue weighted by Gasteiger charge is 2.28. The Morgan fingerprint density at radius 1 is 0.881 bits per heavy atom. The van der Waals surface area contributed by atoms with E-state index in [2.05, 4.69) is 29.4 Å². The zero-order valence-electron chi connectivity index (χ0n) is 23.7. The van der Waals surface area contributed by atoms with Gasteiger partial charge in [0.1, 0.15) is 11.4 Å². The van der Waals surface area contributed by atoms with E-state index in [1.54, 1.807) is 18.2 Å². The van der Waals surface area contributed by atoms with Gasteiger partial charge in [-0.3, -0.25) is 14.6 Å². The lowest BCUT2D eigenvalue weighted by Gasteiger charge is -2.23. The number of pyridine rings is 1. The van der Waals surface area contributed by atoms with E-state index in [1.165, 1.54) is 0 Å². The quantitative estimate of drug-likeness (QED) is 0.265. The third-order valence-corrected chi connectivity index (χ3v) is 7.76. The number of carbonyl (C=O) groups is 2. The van der Waals surface area contributed by atoms with Crippen LogP contribution in [0.1, 0.15) is 43.4 Å². The Kier molecular flexibility index (Phi) is 7.56. The van der Waals surface area contributed by atoms with Crippen LogP contribution in [0, 0.1) is 6.92 Å². The van der Waals surface area contributed by atoms with Crippen LogP contribution in [0.4, 0.5) is 5.69 Å². The second kappa shape index (κ2) is 11.7. The minimum atomic E-state index is -0.147. The smallest absolute Gasteiger partial charge is 0.267 e. The maximum absolute atomic E-state index is 14.1. The molecule has 6 rings (SSSR count). The minimum Gasteiger partial charge on any atom is -0.496 e. The molecule has 0 fully saturated rings. The Labute approximate surface area is 245 Å². The molecule has 2 aromatic heterocycles. The van der Waals surface area contributed by atoms with E-state index in [-0.39, 0.29) is 11.8 Å². The summed E-state index contributed by atoms with van der Waals surface area (Å²) < 4.78 is 7.75. The highest BCUT2D eigenvalue weighted by molar-refractivity contribution is 6.07. The number of benzene rings is 3. The SMILES string of the molecule is COc1cc(C(=O)N2Cc3ccc(C(=O)NCCc4ccccn4)n3Cc3ccccc32)ccc1-c1ccccc1C. The molecule has 7 nitrogen and oxygen atoms in total. The normalized spacial score (nSPS) is 12.2. The molecule has 1 aliphatic heterocycles. The number of rotatable bonds is 7. The van der Waals surface area contributed by atoms with E-state index in [0.29, 0.717) is 43.1 Å². The lowest BCUT2D eigenvalue weighted by atomic mass is 9.98. The molecule has 3 heterocycles. The molecule has 0 aliphatic carbocycles. The first-order valence-electron chi connectivity index (χ1n) is 14.0. The highest BCUT2D eigenvalue weighted by Crippen LogP contribution is 2.35. The fourth-order valence-corrected chi connectivity index (χ4v) is 5.56. The molecule has 42 heavy (non-hydrogen) atoms. The molecule has 0 spiro atoms. The van der Waals surface area contributed by atoms with Crippen LogP contribution in [0.25, 0.3) is 11.1 Å². The van der Waals surface area contributed by atoms with E-state index in [0.717, 1.165) is 39.3 Å². The second-order valence-electron chi connectivity index (χ2n) is 10.4. The summed E-state index contributed by atoms with van der Waals surface area (Å²) in [6.07, 6.45) is 2.40. The van der Waals surface area contributed by atoms with Crippen LogP contribution in [0.3, 0.4) is 0 Å². The molecular formula is C35H32N4O3. The van der Waals surface area contributed by atoms with Gasteiger partial charge in [-0.1, -0.05) is 48.5 Å². The van der Waals surface area contributed by atoms with Crippen LogP contribution in [0.15, 0.2) is 103 Å². The first kappa shape index (κ1) is 27.0. The van der Waals surface area contributed by atoms with Crippen LogP contribution in [-0.2, 0) is 19.5 Å². The number of aryl methyl sites for hydroxylation is 1. The van der Waals surface area contributed by atoms with Crippen molar-refractivity contribution in [2.75, 3.05) is 18.6 Å². The molecule has 0 saturated heterocycles. The zero-order valence-corrected chi connectivity index (χ0v) is 23.7. The van der Waals surface area contributed by atoms with Gasteiger partial charge in [0.15, 0.2) is 0 Å². The van der Waals surface area contributed by atoms with Gasteiger partial charge in [0.25, 0.3) is 11.8 Å². The topological polar surface area (TPSA) is 76.5 Å². The van der Waals surface area contributed by atoms with Gasteiger partial charge in [-0.15, -0.1) is 0 Å². The number of hydrogen-bond donors (Lipinski definition) is 1. The minimum absolute atomic E-state index is 0.131. The molecule has 7 heteroatoms. The number of nitrogens with one attached hydrogen (secondary N) is 1. The molecule has 1 aliphatic rings. The lowest BCUT2D eigenvalue weighted by molar-refractivity contribution is 0.0944. The third-order valence-electron chi connectivity index (χ3n) is 7.76. The van der Waals surface area contributed by atoms with Gasteiger partial charge in [0, 0.05) is 47.4 Å². The maximum atomic E-state index is 14.1. The Morgan fingerprint density at radius 2 is 1.69 bits per heavy atom. The summed E-state index contributed by atoms with van der Waals surface area (Å²) in [6, 6.07) is 31.2. The van der Waals surface area contributed by atoms with Crippen LogP contribution in [0.2, 0.25) is 0 Å². The maximum Gasteiger partial charge on any atom is 0.267 e. The molecule has 0 radical (unpaired) electrons. The van der Waals surface area contributed by atoms with Crippen molar-refractivity contribution in [3.05, 3.63) is 137 Å². The van der Waals surface area contributed by atoms with Gasteiger partial charge in [0.05, 0.1) is 20.2 Å². The molecule has 2 amide bonds. The summed E-state index contributed by atoms with van der Waals surface area (Å²) in [5.41, 5.74) is 7.85. The summed E-state index contributed by atoms with van der Waals surface area (Å²) in [4.78, 5) is 33.4. The number of nitrogens with zero attached hydrogens (tertiary/aromatic N) is 3. The van der Waals surface area contributed by atoms with Crippen molar-refractivity contribution in [3.8, 4) is 16.9 Å². The Bertz CT molecular complexity index is 1760. The molecule has 210 valence electrons. The van der Waals surface area contributed by atoms with Gasteiger partial charge >= 0.3 is 0 Å². The van der Waals surface area contributed by atoms with Gasteiger partial charge < -0.3 is 19.5 Å². The lowest BCUT2D eigenvalue weighted by Crippen LogP contribution is -2.31. The molecular weight excluding hydrogens is 524 g/mol. The molecule has 1 N–H and O–H groups in total. The largest absolute Gasteiger partial charge is 0.496 e. The number of carbonyl (C=O) groups excluding carboxylic acids is 2. The molecule has 0 atom stereocenters. The van der Waals surface area contributed by atoms with E-state index in [9.17, 15) is 9.59 Å². The summed E-state index contributed by atoms with van der Waals surface area (Å²) >= 11 is 0. The van der Waals surface area contributed by atoms with Crippen molar-refractivity contribution in [1.29, 1.82) is 0 Å². The number of hydrogen-bond acceptors (Lipinski definition) is 4. The zero-order chi connectivity index (χ0) is 29.1. The van der Waals surface area contributed by atoms with E-state index >= 15 is 0 Å². The van der Waals surface area contributed by atoms with Crippen molar-refractivity contribution >= 4 is 17.5 Å². The number of aromatic nitrogens is 2. The van der Waals surface area contributed by atoms with Crippen LogP contribution < -0.4 is 15.0 Å². The van der Waals surface area contributed by atoms with E-state index in [1.807, 2.05) is 89.5 Å². The predicted octanol–water partition coefficient (Wildman–Crippen LogP) is 6.05. The average molecular weight is 557 g/mol. The van der Waals surface area contributed by atoms with Crippen molar-refractivity contribution in [2.24, 2.45) is 0 Å². The third kappa shape index (κ3) is 5.29. The number of fused-ring (bicyclic) bond motifs is 2. The standard InChI is InChI=1S/C35H32N4O3/c1-24-9-3-5-12-29(24)30-16-14-25(21-33(30)42-2)35(41)39-23-28-15-17-32(38(28)22-26-10-4-6-13-31(26)39)34(40)37-20-18-27-11-7-8-19-36-27/h3-17,19,21H,18,20,22-23H2,1-2H3,(H,37,40). The monoisotopic (exact) mass is 556 g/mol. The fraction of sp³-hybridized carbons (Fsp3) is 0.171. The van der Waals surface area contributed by atoms with E-state index in [4.69, 9.17) is 4.74 Å². The van der Waals surface area contributed by atoms with Gasteiger partial charge in [0.2, 0.25) is 0 Å². The van der Waals surface area contributed by atoms with Gasteiger partial charge in [-0.05, 0) is 72.1 Å². The number of anilines is 1. The predicted molar refractivity (Wildman–Crippen MR) is 164 cm³/mol. The summed E-state index contributed by atoms with van der Waals surface area (Å²) in [7, 11) is 1.63. The van der Waals surface area contributed by atoms with Crippen LogP contribution >= 0.6 is 0 Å². The molecule has 5 aromatic rings. The van der Waals surface area contributed by atoms with Crippen molar-refractivity contribution in [1.82, 2.24) is 14.9 Å². The van der Waals surface area contributed by atoms with Crippen LogP contribution in [-0.4, -0.2) is 35.0 Å². The number of methoxy groups -OCH3 is 1. The summed E-state index contributed by atoms with van der Waals surface area (Å²) in [5.74, 6) is 0.366. The Morgan fingerprint density at radius 3 is 2.50 bits per heavy atom. The van der Waals surface area contributed by atoms with Crippen molar-refractivity contribution in [3.63, 3.8) is 0 Å². The van der Waals surface area contributed by atoms with E-state index < -0.39 is 0 Å². The molecule has 0 unspecified atom stereocenters. The Balaban J connectivity index is 1.28. The fourth-order valence-electron chi connectivity index (χ4n) is 5.56. The second-order valence-corrected chi connectivity index (χ2v) is 10.4. The Hall–Kier alpha value is -5.17. The number of ether oxygens (including phenoxy) is 1. The average Bonchev–Trinajstić information content (AvgIpc) is 3.34. The molecule has 0 saturated carbocycles. The molecule has 3 aromatic carbocycles. The van der Waals surface area contributed by atoms with Crippen LogP contribution in [0.5, 0.6) is 5.75 Å². The van der Waals surface area contributed by atoms with Gasteiger partial charge in [-0.2, -0.15) is 0 Å². The summed E-state index contributed by atoms with van der Waals surface area (Å²) in [6.45, 7) is 3.36. The number of amides is 2. The number of para-hydroxylation sites is 1. The molecule has 0 bridgehead atoms. The van der Waals surface area contributed by atoms with Crippen molar-refractivity contribution in [2.45, 2.75) is 26.4 Å². The first-order chi connectivity index (χ1) is 20.5. The first-order valence-corrected chi connectivity index (χ1v) is 14.0.